The summed E-state index contributed by atoms with van der Waals surface area (Å²) < 4.78 is 0. The highest BCUT2D eigenvalue weighted by Crippen LogP contribution is 2.32. The Labute approximate surface area is 123 Å². The van der Waals surface area contributed by atoms with Crippen LogP contribution in [0.25, 0.3) is 0 Å². The molecule has 0 saturated carbocycles. The van der Waals surface area contributed by atoms with Crippen LogP contribution >= 0.6 is 0 Å². The van der Waals surface area contributed by atoms with Crippen LogP contribution in [0.15, 0.2) is 36.4 Å². The molecule has 3 rings (SSSR count). The molecule has 2 aliphatic carbocycles. The minimum absolute atomic E-state index is 0.0223. The van der Waals surface area contributed by atoms with Gasteiger partial charge < -0.3 is 10.4 Å². The summed E-state index contributed by atoms with van der Waals surface area (Å²) >= 11 is 0. The van der Waals surface area contributed by atoms with E-state index in [1.807, 2.05) is 30.4 Å². The molecule has 0 spiro atoms. The quantitative estimate of drug-likeness (QED) is 0.838. The minimum atomic E-state index is -0.883. The first-order chi connectivity index (χ1) is 10.2. The van der Waals surface area contributed by atoms with Gasteiger partial charge >= 0.3 is 5.97 Å². The third-order valence-corrected chi connectivity index (χ3v) is 4.54. The summed E-state index contributed by atoms with van der Waals surface area (Å²) in [5.74, 6) is -2.08. The molecule has 4 heteroatoms. The van der Waals surface area contributed by atoms with Crippen LogP contribution in [-0.2, 0) is 16.0 Å². The van der Waals surface area contributed by atoms with E-state index in [4.69, 9.17) is 0 Å². The third kappa shape index (κ3) is 2.71. The Morgan fingerprint density at radius 2 is 1.81 bits per heavy atom. The van der Waals surface area contributed by atoms with Crippen molar-refractivity contribution in [2.24, 2.45) is 11.8 Å². The number of carboxylic acids is 1. The number of nitrogens with one attached hydrogen (secondary N) is 1. The predicted octanol–water partition coefficient (Wildman–Crippen LogP) is 2.46. The maximum Gasteiger partial charge on any atom is 0.307 e. The number of aliphatic carboxylic acids is 1. The summed E-state index contributed by atoms with van der Waals surface area (Å²) in [5.41, 5.74) is 2.45. The van der Waals surface area contributed by atoms with E-state index in [9.17, 15) is 14.7 Å². The van der Waals surface area contributed by atoms with Gasteiger partial charge in [0.05, 0.1) is 17.9 Å². The highest BCUT2D eigenvalue weighted by molar-refractivity contribution is 5.85. The molecule has 0 radical (unpaired) electrons. The molecule has 0 fully saturated rings. The van der Waals surface area contributed by atoms with Crippen molar-refractivity contribution in [2.45, 2.75) is 31.7 Å². The van der Waals surface area contributed by atoms with Crippen LogP contribution in [0.4, 0.5) is 0 Å². The first kappa shape index (κ1) is 13.9. The fourth-order valence-electron chi connectivity index (χ4n) is 3.36. The fourth-order valence-corrected chi connectivity index (χ4v) is 3.36. The number of allylic oxidation sites excluding steroid dienone is 2. The Bertz CT molecular complexity index is 593. The lowest BCUT2D eigenvalue weighted by molar-refractivity contribution is -0.147. The van der Waals surface area contributed by atoms with Gasteiger partial charge in [-0.05, 0) is 36.8 Å². The van der Waals surface area contributed by atoms with E-state index in [1.165, 1.54) is 11.1 Å². The van der Waals surface area contributed by atoms with Gasteiger partial charge in [0.15, 0.2) is 0 Å². The van der Waals surface area contributed by atoms with Gasteiger partial charge in [-0.25, -0.2) is 0 Å². The molecule has 110 valence electrons. The average molecular weight is 285 g/mol. The van der Waals surface area contributed by atoms with Gasteiger partial charge in [0.2, 0.25) is 5.91 Å². The summed E-state index contributed by atoms with van der Waals surface area (Å²) in [4.78, 5) is 23.8. The molecular weight excluding hydrogens is 266 g/mol. The molecule has 4 nitrogen and oxygen atoms in total. The summed E-state index contributed by atoms with van der Waals surface area (Å²) in [6.07, 6.45) is 6.57. The van der Waals surface area contributed by atoms with Crippen molar-refractivity contribution in [1.82, 2.24) is 5.32 Å². The zero-order valence-corrected chi connectivity index (χ0v) is 11.8. The van der Waals surface area contributed by atoms with E-state index in [1.54, 1.807) is 0 Å². The molecule has 1 amide bonds. The molecule has 0 aromatic heterocycles. The van der Waals surface area contributed by atoms with Gasteiger partial charge in [-0.3, -0.25) is 9.59 Å². The van der Waals surface area contributed by atoms with Crippen LogP contribution in [-0.4, -0.2) is 17.0 Å². The summed E-state index contributed by atoms with van der Waals surface area (Å²) in [7, 11) is 0. The van der Waals surface area contributed by atoms with E-state index < -0.39 is 17.8 Å². The average Bonchev–Trinajstić information content (AvgIpc) is 2.90. The normalized spacial score (nSPS) is 27.1. The predicted molar refractivity (Wildman–Crippen MR) is 78.6 cm³/mol. The van der Waals surface area contributed by atoms with Gasteiger partial charge in [-0.2, -0.15) is 0 Å². The number of hydrogen-bond donors (Lipinski definition) is 2. The van der Waals surface area contributed by atoms with Crippen LogP contribution in [0.2, 0.25) is 0 Å². The molecule has 21 heavy (non-hydrogen) atoms. The molecule has 1 aromatic rings. The zero-order chi connectivity index (χ0) is 14.8. The number of amides is 1. The van der Waals surface area contributed by atoms with E-state index in [0.29, 0.717) is 12.8 Å². The molecule has 0 heterocycles. The van der Waals surface area contributed by atoms with E-state index in [0.717, 1.165) is 12.8 Å². The molecule has 2 N–H and O–H groups in total. The van der Waals surface area contributed by atoms with Crippen LogP contribution in [0, 0.1) is 11.8 Å². The Kier molecular flexibility index (Phi) is 3.78. The topological polar surface area (TPSA) is 66.4 Å². The van der Waals surface area contributed by atoms with Crippen molar-refractivity contribution in [1.29, 1.82) is 0 Å². The molecule has 0 saturated heterocycles. The van der Waals surface area contributed by atoms with Gasteiger partial charge in [-0.15, -0.1) is 0 Å². The summed E-state index contributed by atoms with van der Waals surface area (Å²) in [5, 5.41) is 12.3. The second kappa shape index (κ2) is 5.72. The van der Waals surface area contributed by atoms with Crippen molar-refractivity contribution < 1.29 is 14.7 Å². The van der Waals surface area contributed by atoms with Gasteiger partial charge in [0.1, 0.15) is 0 Å². The lowest BCUT2D eigenvalue weighted by Crippen LogP contribution is -2.40. The largest absolute Gasteiger partial charge is 0.481 e. The van der Waals surface area contributed by atoms with E-state index in [-0.39, 0.29) is 11.9 Å². The number of aryl methyl sites for hydroxylation is 1. The number of carboxylic acid groups (broad SMARTS) is 1. The number of carbonyl (C=O) groups excluding carboxylic acids is 1. The van der Waals surface area contributed by atoms with Crippen molar-refractivity contribution in [3.8, 4) is 0 Å². The molecule has 3 atom stereocenters. The molecule has 2 aliphatic rings. The molecular formula is C17H19NO3. The zero-order valence-electron chi connectivity index (χ0n) is 11.8. The number of rotatable bonds is 3. The number of fused-ring (bicyclic) bond motifs is 1. The molecule has 1 unspecified atom stereocenters. The highest BCUT2D eigenvalue weighted by Gasteiger charge is 2.35. The monoisotopic (exact) mass is 285 g/mol. The second-order valence-corrected chi connectivity index (χ2v) is 5.79. The van der Waals surface area contributed by atoms with Crippen LogP contribution in [0.3, 0.4) is 0 Å². The van der Waals surface area contributed by atoms with Crippen LogP contribution in [0.5, 0.6) is 0 Å². The lowest BCUT2D eigenvalue weighted by atomic mass is 9.82. The molecule has 0 aliphatic heterocycles. The van der Waals surface area contributed by atoms with Crippen LogP contribution in [0.1, 0.15) is 36.4 Å². The Hall–Kier alpha value is -2.10. The number of carbonyl (C=O) groups is 2. The van der Waals surface area contributed by atoms with Crippen molar-refractivity contribution in [2.75, 3.05) is 0 Å². The third-order valence-electron chi connectivity index (χ3n) is 4.54. The maximum atomic E-state index is 12.5. The van der Waals surface area contributed by atoms with Crippen molar-refractivity contribution >= 4 is 11.9 Å². The highest BCUT2D eigenvalue weighted by atomic mass is 16.4. The number of benzene rings is 1. The molecule has 0 bridgehead atoms. The van der Waals surface area contributed by atoms with Gasteiger partial charge in [-0.1, -0.05) is 36.4 Å². The maximum absolute atomic E-state index is 12.5. The lowest BCUT2D eigenvalue weighted by Gasteiger charge is -2.26. The first-order valence-electron chi connectivity index (χ1n) is 7.43. The summed E-state index contributed by atoms with van der Waals surface area (Å²) in [6.45, 7) is 0. The Morgan fingerprint density at radius 3 is 2.57 bits per heavy atom. The van der Waals surface area contributed by atoms with E-state index >= 15 is 0 Å². The number of hydrogen-bond acceptors (Lipinski definition) is 2. The molecule has 1 aromatic carbocycles. The standard InChI is InChI=1S/C17H19NO3/c19-16(13-7-3-4-8-14(13)17(20)21)18-15-10-9-11-5-1-2-6-12(11)15/h1-6,13-15H,7-10H2,(H,18,19)(H,20,21)/t13-,14+,15?/m0/s1. The van der Waals surface area contributed by atoms with Crippen molar-refractivity contribution in [3.05, 3.63) is 47.5 Å². The van der Waals surface area contributed by atoms with Gasteiger partial charge in [0.25, 0.3) is 0 Å². The Morgan fingerprint density at radius 1 is 1.10 bits per heavy atom. The fraction of sp³-hybridized carbons (Fsp3) is 0.412. The van der Waals surface area contributed by atoms with Crippen molar-refractivity contribution in [3.63, 3.8) is 0 Å². The van der Waals surface area contributed by atoms with Crippen LogP contribution < -0.4 is 5.32 Å². The van der Waals surface area contributed by atoms with Gasteiger partial charge in [0, 0.05) is 0 Å². The minimum Gasteiger partial charge on any atom is -0.481 e. The second-order valence-electron chi connectivity index (χ2n) is 5.79. The smallest absolute Gasteiger partial charge is 0.307 e. The summed E-state index contributed by atoms with van der Waals surface area (Å²) in [6, 6.07) is 8.14. The SMILES string of the molecule is O=C(NC1CCc2ccccc21)[C@H]1CC=CC[C@H]1C(=O)O. The Balaban J connectivity index is 1.72. The first-order valence-corrected chi connectivity index (χ1v) is 7.43. The van der Waals surface area contributed by atoms with E-state index in [2.05, 4.69) is 11.4 Å².